The second-order valence-electron chi connectivity index (χ2n) is 5.79. The van der Waals surface area contributed by atoms with Crippen LogP contribution in [0.1, 0.15) is 45.1 Å². The number of nitrogens with two attached hydrogens (primary N) is 1. The van der Waals surface area contributed by atoms with Crippen molar-refractivity contribution in [3.05, 3.63) is 35.6 Å². The summed E-state index contributed by atoms with van der Waals surface area (Å²) in [5.74, 6) is -0.0197. The molecule has 1 rings (SSSR count). The molecule has 0 fully saturated rings. The van der Waals surface area contributed by atoms with E-state index in [1.54, 1.807) is 6.07 Å². The van der Waals surface area contributed by atoms with Gasteiger partial charge in [0.05, 0.1) is 0 Å². The lowest BCUT2D eigenvalue weighted by Gasteiger charge is -2.18. The minimum atomic E-state index is -0.230. The molecule has 0 spiro atoms. The van der Waals surface area contributed by atoms with Crippen molar-refractivity contribution in [3.8, 4) is 0 Å². The number of nitrogens with one attached hydrogen (secondary N) is 1. The molecule has 3 N–H and O–H groups in total. The fourth-order valence-electron chi connectivity index (χ4n) is 2.44. The van der Waals surface area contributed by atoms with E-state index in [9.17, 15) is 9.18 Å². The first-order valence-electron chi connectivity index (χ1n) is 7.79. The molecule has 0 radical (unpaired) electrons. The number of unbranched alkanes of at least 4 members (excludes halogenated alkanes) is 1. The SMILES string of the molecule is CCCCC(CN)NC(=O)CC(C)Cc1cccc(F)c1. The minimum absolute atomic E-state index is 0.0328. The average Bonchev–Trinajstić information content (AvgIpc) is 2.43. The molecule has 1 aromatic carbocycles. The largest absolute Gasteiger partial charge is 0.352 e. The molecule has 0 aliphatic heterocycles. The number of rotatable bonds is 9. The van der Waals surface area contributed by atoms with Gasteiger partial charge < -0.3 is 11.1 Å². The second-order valence-corrected chi connectivity index (χ2v) is 5.79. The molecule has 0 aliphatic rings. The Bertz CT molecular complexity index is 437. The molecule has 0 heterocycles. The summed E-state index contributed by atoms with van der Waals surface area (Å²) >= 11 is 0. The number of carbonyl (C=O) groups is 1. The smallest absolute Gasteiger partial charge is 0.220 e. The second kappa shape index (κ2) is 9.50. The topological polar surface area (TPSA) is 55.1 Å². The lowest BCUT2D eigenvalue weighted by atomic mass is 9.97. The third kappa shape index (κ3) is 7.23. The van der Waals surface area contributed by atoms with E-state index in [2.05, 4.69) is 12.2 Å². The van der Waals surface area contributed by atoms with Gasteiger partial charge in [0.1, 0.15) is 5.82 Å². The Hall–Kier alpha value is -1.42. The molecule has 3 nitrogen and oxygen atoms in total. The molecule has 0 aromatic heterocycles. The van der Waals surface area contributed by atoms with Crippen LogP contribution in [-0.4, -0.2) is 18.5 Å². The van der Waals surface area contributed by atoms with Crippen LogP contribution in [0.15, 0.2) is 24.3 Å². The van der Waals surface area contributed by atoms with Gasteiger partial charge in [0.25, 0.3) is 0 Å². The molecular formula is C17H27FN2O. The molecule has 4 heteroatoms. The van der Waals surface area contributed by atoms with Crippen LogP contribution < -0.4 is 11.1 Å². The van der Waals surface area contributed by atoms with Gasteiger partial charge in [0, 0.05) is 19.0 Å². The zero-order valence-corrected chi connectivity index (χ0v) is 13.1. The Labute approximate surface area is 127 Å². The van der Waals surface area contributed by atoms with Crippen LogP contribution in [0.4, 0.5) is 4.39 Å². The summed E-state index contributed by atoms with van der Waals surface area (Å²) in [4.78, 5) is 12.0. The highest BCUT2D eigenvalue weighted by atomic mass is 19.1. The third-order valence-corrected chi connectivity index (χ3v) is 3.56. The average molecular weight is 294 g/mol. The summed E-state index contributed by atoms with van der Waals surface area (Å²) in [6, 6.07) is 6.62. The molecule has 0 bridgehead atoms. The van der Waals surface area contributed by atoms with Crippen LogP contribution >= 0.6 is 0 Å². The van der Waals surface area contributed by atoms with Crippen molar-refractivity contribution in [2.24, 2.45) is 11.7 Å². The Balaban J connectivity index is 2.39. The number of hydrogen-bond acceptors (Lipinski definition) is 2. The van der Waals surface area contributed by atoms with Gasteiger partial charge in [-0.15, -0.1) is 0 Å². The van der Waals surface area contributed by atoms with Gasteiger partial charge >= 0.3 is 0 Å². The molecule has 2 atom stereocenters. The highest BCUT2D eigenvalue weighted by Crippen LogP contribution is 2.13. The van der Waals surface area contributed by atoms with Crippen molar-refractivity contribution in [1.82, 2.24) is 5.32 Å². The van der Waals surface area contributed by atoms with Crippen molar-refractivity contribution >= 4 is 5.91 Å². The van der Waals surface area contributed by atoms with Gasteiger partial charge in [-0.25, -0.2) is 4.39 Å². The molecular weight excluding hydrogens is 267 g/mol. The van der Waals surface area contributed by atoms with Gasteiger partial charge in [-0.3, -0.25) is 4.79 Å². The van der Waals surface area contributed by atoms with Crippen LogP contribution in [0.5, 0.6) is 0 Å². The van der Waals surface area contributed by atoms with Crippen LogP contribution in [0, 0.1) is 11.7 Å². The first kappa shape index (κ1) is 17.6. The lowest BCUT2D eigenvalue weighted by molar-refractivity contribution is -0.122. The lowest BCUT2D eigenvalue weighted by Crippen LogP contribution is -2.40. The van der Waals surface area contributed by atoms with Crippen LogP contribution in [0.2, 0.25) is 0 Å². The molecule has 0 aliphatic carbocycles. The number of amides is 1. The predicted octanol–water partition coefficient (Wildman–Crippen LogP) is 3.03. The molecule has 0 saturated carbocycles. The highest BCUT2D eigenvalue weighted by Gasteiger charge is 2.14. The molecule has 2 unspecified atom stereocenters. The molecule has 0 saturated heterocycles. The first-order valence-corrected chi connectivity index (χ1v) is 7.79. The van der Waals surface area contributed by atoms with Crippen molar-refractivity contribution in [1.29, 1.82) is 0 Å². The maximum Gasteiger partial charge on any atom is 0.220 e. The van der Waals surface area contributed by atoms with Crippen LogP contribution in [0.25, 0.3) is 0 Å². The Morgan fingerprint density at radius 1 is 1.43 bits per heavy atom. The molecule has 1 aromatic rings. The van der Waals surface area contributed by atoms with Gasteiger partial charge in [-0.05, 0) is 36.5 Å². The van der Waals surface area contributed by atoms with Crippen LogP contribution in [-0.2, 0) is 11.2 Å². The van der Waals surface area contributed by atoms with Crippen molar-refractivity contribution in [2.45, 2.75) is 52.0 Å². The molecule has 1 amide bonds. The maximum atomic E-state index is 13.1. The number of carbonyl (C=O) groups excluding carboxylic acids is 1. The Morgan fingerprint density at radius 3 is 2.81 bits per heavy atom. The van der Waals surface area contributed by atoms with Gasteiger partial charge in [0.2, 0.25) is 5.91 Å². The van der Waals surface area contributed by atoms with E-state index in [1.807, 2.05) is 13.0 Å². The summed E-state index contributed by atoms with van der Waals surface area (Å²) in [6.07, 6.45) is 4.24. The summed E-state index contributed by atoms with van der Waals surface area (Å²) < 4.78 is 13.1. The van der Waals surface area contributed by atoms with E-state index in [0.717, 1.165) is 24.8 Å². The number of halogens is 1. The number of benzene rings is 1. The quantitative estimate of drug-likeness (QED) is 0.735. The van der Waals surface area contributed by atoms with Gasteiger partial charge in [-0.1, -0.05) is 38.8 Å². The summed E-state index contributed by atoms with van der Waals surface area (Å²) in [7, 11) is 0. The van der Waals surface area contributed by atoms with E-state index >= 15 is 0 Å². The van der Waals surface area contributed by atoms with E-state index in [-0.39, 0.29) is 23.7 Å². The predicted molar refractivity (Wildman–Crippen MR) is 84.4 cm³/mol. The third-order valence-electron chi connectivity index (χ3n) is 3.56. The zero-order chi connectivity index (χ0) is 15.7. The fraction of sp³-hybridized carbons (Fsp3) is 0.588. The monoisotopic (exact) mass is 294 g/mol. The fourth-order valence-corrected chi connectivity index (χ4v) is 2.44. The normalized spacial score (nSPS) is 13.7. The highest BCUT2D eigenvalue weighted by molar-refractivity contribution is 5.76. The first-order chi connectivity index (χ1) is 10.0. The van der Waals surface area contributed by atoms with E-state index < -0.39 is 0 Å². The Morgan fingerprint density at radius 2 is 2.19 bits per heavy atom. The standard InChI is InChI=1S/C17H27FN2O/c1-3-4-8-16(12-19)20-17(21)10-13(2)9-14-6-5-7-15(18)11-14/h5-7,11,13,16H,3-4,8-10,12,19H2,1-2H3,(H,20,21). The van der Waals surface area contributed by atoms with Gasteiger partial charge in [-0.2, -0.15) is 0 Å². The van der Waals surface area contributed by atoms with Crippen molar-refractivity contribution in [3.63, 3.8) is 0 Å². The minimum Gasteiger partial charge on any atom is -0.352 e. The maximum absolute atomic E-state index is 13.1. The van der Waals surface area contributed by atoms with Crippen molar-refractivity contribution < 1.29 is 9.18 Å². The van der Waals surface area contributed by atoms with Crippen molar-refractivity contribution in [2.75, 3.05) is 6.54 Å². The van der Waals surface area contributed by atoms with Gasteiger partial charge in [0.15, 0.2) is 0 Å². The van der Waals surface area contributed by atoms with E-state index in [4.69, 9.17) is 5.73 Å². The summed E-state index contributed by atoms with van der Waals surface area (Å²) in [5, 5.41) is 2.99. The molecule has 21 heavy (non-hydrogen) atoms. The Kier molecular flexibility index (Phi) is 7.98. The van der Waals surface area contributed by atoms with E-state index in [1.165, 1.54) is 12.1 Å². The molecule has 118 valence electrons. The summed E-state index contributed by atoms with van der Waals surface area (Å²) in [5.41, 5.74) is 6.60. The van der Waals surface area contributed by atoms with Crippen LogP contribution in [0.3, 0.4) is 0 Å². The number of hydrogen-bond donors (Lipinski definition) is 2. The zero-order valence-electron chi connectivity index (χ0n) is 13.1. The summed E-state index contributed by atoms with van der Waals surface area (Å²) in [6.45, 7) is 4.61. The van der Waals surface area contributed by atoms with E-state index in [0.29, 0.717) is 19.4 Å².